The minimum Gasteiger partial charge on any atom is -0.356 e. The molecule has 0 unspecified atom stereocenters. The van der Waals surface area contributed by atoms with Crippen LogP contribution in [-0.4, -0.2) is 54.7 Å². The smallest absolute Gasteiger partial charge is 0.227 e. The third-order valence-electron chi connectivity index (χ3n) is 5.09. The predicted molar refractivity (Wildman–Crippen MR) is 105 cm³/mol. The number of hydrogen-bond acceptors (Lipinski definition) is 6. The fourth-order valence-electron chi connectivity index (χ4n) is 3.22. The third kappa shape index (κ3) is 5.83. The van der Waals surface area contributed by atoms with Gasteiger partial charge in [0.1, 0.15) is 5.82 Å². The van der Waals surface area contributed by atoms with Gasteiger partial charge in [-0.3, -0.25) is 4.79 Å². The Labute approximate surface area is 169 Å². The van der Waals surface area contributed by atoms with E-state index in [1.54, 1.807) is 19.1 Å². The van der Waals surface area contributed by atoms with Crippen molar-refractivity contribution in [3.05, 3.63) is 35.5 Å². The summed E-state index contributed by atoms with van der Waals surface area (Å²) in [6.45, 7) is 3.18. The number of amides is 1. The highest BCUT2D eigenvalue weighted by Crippen LogP contribution is 2.20. The Morgan fingerprint density at radius 2 is 2.07 bits per heavy atom. The van der Waals surface area contributed by atoms with Gasteiger partial charge in [0.2, 0.25) is 27.6 Å². The molecule has 0 radical (unpaired) electrons. The number of carbonyl (C=O) groups is 1. The van der Waals surface area contributed by atoms with Crippen molar-refractivity contribution in [2.45, 2.75) is 32.6 Å². The summed E-state index contributed by atoms with van der Waals surface area (Å²) in [5.41, 5.74) is 1.06. The van der Waals surface area contributed by atoms with Crippen LogP contribution >= 0.6 is 0 Å². The van der Waals surface area contributed by atoms with E-state index >= 15 is 0 Å². The molecule has 158 valence electrons. The largest absolute Gasteiger partial charge is 0.356 e. The van der Waals surface area contributed by atoms with Crippen LogP contribution in [0.4, 0.5) is 4.39 Å². The van der Waals surface area contributed by atoms with E-state index in [0.29, 0.717) is 43.1 Å². The van der Waals surface area contributed by atoms with Crippen molar-refractivity contribution in [2.24, 2.45) is 5.92 Å². The first-order valence-corrected chi connectivity index (χ1v) is 11.4. The van der Waals surface area contributed by atoms with Crippen molar-refractivity contribution in [1.82, 2.24) is 19.8 Å². The van der Waals surface area contributed by atoms with Crippen molar-refractivity contribution in [3.63, 3.8) is 0 Å². The van der Waals surface area contributed by atoms with Crippen LogP contribution in [0.15, 0.2) is 22.7 Å². The van der Waals surface area contributed by atoms with E-state index in [-0.39, 0.29) is 29.9 Å². The van der Waals surface area contributed by atoms with Crippen LogP contribution in [0.2, 0.25) is 0 Å². The van der Waals surface area contributed by atoms with Gasteiger partial charge < -0.3 is 9.84 Å². The van der Waals surface area contributed by atoms with Crippen molar-refractivity contribution in [3.8, 4) is 11.4 Å². The second-order valence-corrected chi connectivity index (χ2v) is 9.37. The zero-order valence-corrected chi connectivity index (χ0v) is 17.3. The van der Waals surface area contributed by atoms with Crippen molar-refractivity contribution >= 4 is 15.9 Å². The van der Waals surface area contributed by atoms with E-state index in [2.05, 4.69) is 15.5 Å². The minimum atomic E-state index is -3.14. The Morgan fingerprint density at radius 1 is 1.34 bits per heavy atom. The van der Waals surface area contributed by atoms with Crippen LogP contribution in [0, 0.1) is 18.7 Å². The van der Waals surface area contributed by atoms with E-state index in [1.165, 1.54) is 16.6 Å². The highest BCUT2D eigenvalue weighted by Gasteiger charge is 2.25. The summed E-state index contributed by atoms with van der Waals surface area (Å²) in [5.74, 6) is 0.408. The van der Waals surface area contributed by atoms with Gasteiger partial charge in [-0.05, 0) is 37.3 Å². The van der Waals surface area contributed by atoms with E-state index in [1.807, 2.05) is 0 Å². The van der Waals surface area contributed by atoms with Crippen molar-refractivity contribution in [1.29, 1.82) is 0 Å². The van der Waals surface area contributed by atoms with E-state index in [0.717, 1.165) is 12.8 Å². The highest BCUT2D eigenvalue weighted by atomic mass is 32.2. The van der Waals surface area contributed by atoms with Crippen LogP contribution in [0.1, 0.15) is 30.7 Å². The number of piperidine rings is 1. The first-order chi connectivity index (χ1) is 13.7. The maximum Gasteiger partial charge on any atom is 0.227 e. The van der Waals surface area contributed by atoms with Crippen LogP contribution in [0.5, 0.6) is 0 Å². The fourth-order valence-corrected chi connectivity index (χ4v) is 4.09. The summed E-state index contributed by atoms with van der Waals surface area (Å²) in [6, 6.07) is 4.72. The average molecular weight is 424 g/mol. The van der Waals surface area contributed by atoms with E-state index in [4.69, 9.17) is 4.52 Å². The lowest BCUT2D eigenvalue weighted by Crippen LogP contribution is -2.41. The second-order valence-electron chi connectivity index (χ2n) is 7.39. The monoisotopic (exact) mass is 424 g/mol. The number of benzene rings is 1. The molecule has 1 amide bonds. The molecule has 1 aromatic heterocycles. The molecule has 1 saturated heterocycles. The summed E-state index contributed by atoms with van der Waals surface area (Å²) in [5, 5.41) is 6.73. The summed E-state index contributed by atoms with van der Waals surface area (Å²) in [6.07, 6.45) is 3.17. The maximum atomic E-state index is 13.7. The quantitative estimate of drug-likeness (QED) is 0.728. The Morgan fingerprint density at radius 3 is 2.72 bits per heavy atom. The molecular weight excluding hydrogens is 399 g/mol. The normalized spacial score (nSPS) is 16.1. The SMILES string of the molecule is Cc1ccc(-c2noc(CCC(=O)NCC3CCN(S(C)(=O)=O)CC3)n2)cc1F. The zero-order valence-electron chi connectivity index (χ0n) is 16.5. The number of rotatable bonds is 7. The first kappa shape index (κ1) is 21.4. The minimum absolute atomic E-state index is 0.128. The fraction of sp³-hybridized carbons (Fsp3) is 0.526. The van der Waals surface area contributed by atoms with Gasteiger partial charge in [-0.1, -0.05) is 17.3 Å². The Hall–Kier alpha value is -2.33. The summed E-state index contributed by atoms with van der Waals surface area (Å²) in [4.78, 5) is 16.3. The van der Waals surface area contributed by atoms with E-state index < -0.39 is 10.0 Å². The number of aryl methyl sites for hydroxylation is 2. The van der Waals surface area contributed by atoms with Crippen molar-refractivity contribution in [2.75, 3.05) is 25.9 Å². The molecule has 1 N–H and O–H groups in total. The van der Waals surface area contributed by atoms with E-state index in [9.17, 15) is 17.6 Å². The maximum absolute atomic E-state index is 13.7. The summed E-state index contributed by atoms with van der Waals surface area (Å²) < 4.78 is 43.3. The number of nitrogens with one attached hydrogen (secondary N) is 1. The Balaban J connectivity index is 1.42. The number of nitrogens with zero attached hydrogens (tertiary/aromatic N) is 3. The molecule has 0 atom stereocenters. The summed E-state index contributed by atoms with van der Waals surface area (Å²) in [7, 11) is -3.14. The molecule has 8 nitrogen and oxygen atoms in total. The molecule has 0 bridgehead atoms. The molecule has 3 rings (SSSR count). The number of sulfonamides is 1. The summed E-state index contributed by atoms with van der Waals surface area (Å²) >= 11 is 0. The molecule has 2 heterocycles. The van der Waals surface area contributed by atoms with Crippen molar-refractivity contribution < 1.29 is 22.1 Å². The lowest BCUT2D eigenvalue weighted by Gasteiger charge is -2.30. The first-order valence-electron chi connectivity index (χ1n) is 9.53. The van der Waals surface area contributed by atoms with Gasteiger partial charge in [-0.2, -0.15) is 4.98 Å². The molecule has 1 aliphatic rings. The lowest BCUT2D eigenvalue weighted by molar-refractivity contribution is -0.121. The van der Waals surface area contributed by atoms with Crippen LogP contribution in [0.25, 0.3) is 11.4 Å². The molecule has 0 aliphatic carbocycles. The number of halogens is 1. The second kappa shape index (κ2) is 9.00. The number of aromatic nitrogens is 2. The van der Waals surface area contributed by atoms with Gasteiger partial charge in [0.05, 0.1) is 6.26 Å². The van der Waals surface area contributed by atoms with Gasteiger partial charge in [-0.15, -0.1) is 0 Å². The standard InChI is InChI=1S/C19H25FN4O4S/c1-13-3-4-15(11-16(13)20)19-22-18(28-23-19)6-5-17(25)21-12-14-7-9-24(10-8-14)29(2,26)27/h3-4,11,14H,5-10,12H2,1-2H3,(H,21,25). The lowest BCUT2D eigenvalue weighted by atomic mass is 9.98. The molecule has 29 heavy (non-hydrogen) atoms. The third-order valence-corrected chi connectivity index (χ3v) is 6.40. The van der Waals surface area contributed by atoms with Gasteiger partial charge >= 0.3 is 0 Å². The molecule has 1 aliphatic heterocycles. The van der Waals surface area contributed by atoms with Gasteiger partial charge in [0, 0.05) is 38.0 Å². The van der Waals surface area contributed by atoms with Gasteiger partial charge in [0.25, 0.3) is 0 Å². The Bertz CT molecular complexity index is 968. The van der Waals surface area contributed by atoms with Crippen LogP contribution in [0.3, 0.4) is 0 Å². The van der Waals surface area contributed by atoms with Crippen LogP contribution in [-0.2, 0) is 21.2 Å². The molecule has 0 saturated carbocycles. The van der Waals surface area contributed by atoms with Gasteiger partial charge in [0.15, 0.2) is 0 Å². The molecule has 10 heteroatoms. The zero-order chi connectivity index (χ0) is 21.0. The number of carbonyl (C=O) groups excluding carboxylic acids is 1. The Kier molecular flexibility index (Phi) is 6.63. The van der Waals surface area contributed by atoms with Crippen LogP contribution < -0.4 is 5.32 Å². The number of hydrogen-bond donors (Lipinski definition) is 1. The predicted octanol–water partition coefficient (Wildman–Crippen LogP) is 1.90. The molecule has 1 aromatic carbocycles. The topological polar surface area (TPSA) is 105 Å². The molecule has 1 fully saturated rings. The van der Waals surface area contributed by atoms with Gasteiger partial charge in [-0.25, -0.2) is 17.1 Å². The molecule has 0 spiro atoms. The highest BCUT2D eigenvalue weighted by molar-refractivity contribution is 7.88. The molecule has 2 aromatic rings. The average Bonchev–Trinajstić information content (AvgIpc) is 3.15. The molecular formula is C19H25FN4O4S.